The Hall–Kier alpha value is -2.28. The van der Waals surface area contributed by atoms with Gasteiger partial charge in [0.2, 0.25) is 0 Å². The Morgan fingerprint density at radius 1 is 1.36 bits per heavy atom. The van der Waals surface area contributed by atoms with Crippen molar-refractivity contribution in [1.82, 2.24) is 10.5 Å². The molecule has 1 amide bonds. The fourth-order valence-electron chi connectivity index (χ4n) is 2.03. The van der Waals surface area contributed by atoms with Crippen LogP contribution in [-0.2, 0) is 15.3 Å². The van der Waals surface area contributed by atoms with E-state index in [-0.39, 0.29) is 18.6 Å². The molecule has 0 aliphatic rings. The molecule has 7 heteroatoms. The average Bonchev–Trinajstić information content (AvgIpc) is 3.03. The van der Waals surface area contributed by atoms with Gasteiger partial charge in [-0.1, -0.05) is 24.2 Å². The van der Waals surface area contributed by atoms with E-state index in [0.29, 0.717) is 11.3 Å². The van der Waals surface area contributed by atoms with Crippen molar-refractivity contribution in [3.8, 4) is 0 Å². The van der Waals surface area contributed by atoms with E-state index in [1.165, 1.54) is 11.8 Å². The van der Waals surface area contributed by atoms with E-state index in [1.807, 2.05) is 39.0 Å². The van der Waals surface area contributed by atoms with Gasteiger partial charge in [-0.05, 0) is 32.4 Å². The zero-order chi connectivity index (χ0) is 18.2. The number of nitrogens with zero attached hydrogens (tertiary/aromatic N) is 1. The highest BCUT2D eigenvalue weighted by Crippen LogP contribution is 2.26. The Balaban J connectivity index is 1.94. The Morgan fingerprint density at radius 2 is 2.12 bits per heavy atom. The maximum Gasteiger partial charge on any atom is 0.339 e. The van der Waals surface area contributed by atoms with Crippen LogP contribution in [0.4, 0.5) is 0 Å². The highest BCUT2D eigenvalue weighted by Gasteiger charge is 2.15. The molecule has 0 unspecified atom stereocenters. The van der Waals surface area contributed by atoms with Gasteiger partial charge < -0.3 is 14.6 Å². The number of carbonyl (C=O) groups is 2. The first-order valence-corrected chi connectivity index (χ1v) is 9.08. The van der Waals surface area contributed by atoms with E-state index in [4.69, 9.17) is 9.26 Å². The average molecular weight is 362 g/mol. The Kier molecular flexibility index (Phi) is 7.06. The van der Waals surface area contributed by atoms with Gasteiger partial charge in [0.05, 0.1) is 11.3 Å². The van der Waals surface area contributed by atoms with Crippen LogP contribution in [0.25, 0.3) is 0 Å². The van der Waals surface area contributed by atoms with E-state index >= 15 is 0 Å². The minimum atomic E-state index is -0.515. The zero-order valence-corrected chi connectivity index (χ0v) is 15.4. The number of ether oxygens (including phenoxy) is 1. The molecular formula is C18H22N2O4S. The topological polar surface area (TPSA) is 81.4 Å². The molecule has 1 atom stereocenters. The molecule has 1 heterocycles. The van der Waals surface area contributed by atoms with Crippen LogP contribution in [0.1, 0.15) is 42.1 Å². The van der Waals surface area contributed by atoms with Crippen molar-refractivity contribution in [1.29, 1.82) is 0 Å². The summed E-state index contributed by atoms with van der Waals surface area (Å²) in [4.78, 5) is 24.8. The van der Waals surface area contributed by atoms with Gasteiger partial charge in [0, 0.05) is 22.8 Å². The van der Waals surface area contributed by atoms with E-state index in [9.17, 15) is 9.59 Å². The predicted molar refractivity (Wildman–Crippen MR) is 95.4 cm³/mol. The lowest BCUT2D eigenvalue weighted by Crippen LogP contribution is -2.35. The summed E-state index contributed by atoms with van der Waals surface area (Å²) in [5.74, 6) is 0.510. The molecule has 0 bridgehead atoms. The molecular weight excluding hydrogens is 340 g/mol. The minimum absolute atomic E-state index is 0.0555. The van der Waals surface area contributed by atoms with Crippen molar-refractivity contribution in [2.24, 2.45) is 0 Å². The van der Waals surface area contributed by atoms with Crippen LogP contribution in [0.2, 0.25) is 0 Å². The molecule has 0 aliphatic heterocycles. The quantitative estimate of drug-likeness (QED) is 0.573. The van der Waals surface area contributed by atoms with Crippen LogP contribution < -0.4 is 5.32 Å². The smallest absolute Gasteiger partial charge is 0.339 e. The van der Waals surface area contributed by atoms with Gasteiger partial charge in [0.15, 0.2) is 6.61 Å². The minimum Gasteiger partial charge on any atom is -0.452 e. The number of hydrogen-bond acceptors (Lipinski definition) is 6. The number of aryl methyl sites for hydroxylation is 1. The summed E-state index contributed by atoms with van der Waals surface area (Å²) in [6.45, 7) is 5.42. The van der Waals surface area contributed by atoms with Crippen LogP contribution in [0.5, 0.6) is 0 Å². The lowest BCUT2D eigenvalue weighted by atomic mass is 10.2. The molecule has 0 spiro atoms. The molecule has 0 fully saturated rings. The molecule has 1 aromatic carbocycles. The summed E-state index contributed by atoms with van der Waals surface area (Å²) in [5, 5.41) is 6.70. The molecule has 134 valence electrons. The molecule has 0 aliphatic carbocycles. The largest absolute Gasteiger partial charge is 0.452 e. The van der Waals surface area contributed by atoms with Crippen molar-refractivity contribution < 1.29 is 18.8 Å². The van der Waals surface area contributed by atoms with E-state index in [0.717, 1.165) is 22.8 Å². The second-order valence-electron chi connectivity index (χ2n) is 5.67. The van der Waals surface area contributed by atoms with E-state index in [2.05, 4.69) is 10.5 Å². The summed E-state index contributed by atoms with van der Waals surface area (Å²) in [6.07, 6.45) is 0.820. The van der Waals surface area contributed by atoms with Gasteiger partial charge in [-0.3, -0.25) is 4.79 Å². The van der Waals surface area contributed by atoms with Gasteiger partial charge in [-0.25, -0.2) is 4.79 Å². The number of aromatic nitrogens is 1. The predicted octanol–water partition coefficient (Wildman–Crippen LogP) is 3.35. The third-order valence-corrected chi connectivity index (χ3v) is 4.62. The fourth-order valence-corrected chi connectivity index (χ4v) is 2.95. The van der Waals surface area contributed by atoms with Gasteiger partial charge >= 0.3 is 5.97 Å². The molecule has 2 rings (SSSR count). The first kappa shape index (κ1) is 19.1. The van der Waals surface area contributed by atoms with Crippen LogP contribution >= 0.6 is 11.8 Å². The van der Waals surface area contributed by atoms with Crippen LogP contribution in [0.3, 0.4) is 0 Å². The van der Waals surface area contributed by atoms with Crippen LogP contribution in [0, 0.1) is 6.92 Å². The number of hydrogen-bond donors (Lipinski definition) is 1. The second-order valence-corrected chi connectivity index (χ2v) is 6.68. The molecule has 6 nitrogen and oxygen atoms in total. The number of benzene rings is 1. The molecule has 1 N–H and O–H groups in total. The summed E-state index contributed by atoms with van der Waals surface area (Å²) in [5.41, 5.74) is 1.24. The van der Waals surface area contributed by atoms with Gasteiger partial charge in [0.1, 0.15) is 5.76 Å². The SMILES string of the molecule is CC[C@@H](C)NC(=O)COC(=O)c1ccccc1SCc1cc(C)on1. The number of amides is 1. The molecule has 1 aromatic heterocycles. The number of nitrogens with one attached hydrogen (secondary N) is 1. The maximum atomic E-state index is 12.3. The molecule has 0 radical (unpaired) electrons. The van der Waals surface area contributed by atoms with Crippen molar-refractivity contribution in [2.75, 3.05) is 6.61 Å². The third-order valence-electron chi connectivity index (χ3n) is 3.51. The summed E-state index contributed by atoms with van der Waals surface area (Å²) >= 11 is 1.47. The summed E-state index contributed by atoms with van der Waals surface area (Å²) < 4.78 is 10.2. The molecule has 0 saturated carbocycles. The van der Waals surface area contributed by atoms with Crippen LogP contribution in [0.15, 0.2) is 39.8 Å². The third kappa shape index (κ3) is 5.94. The normalized spacial score (nSPS) is 11.8. The Bertz CT molecular complexity index is 729. The van der Waals surface area contributed by atoms with Crippen molar-refractivity contribution in [2.45, 2.75) is 43.9 Å². The Morgan fingerprint density at radius 3 is 2.80 bits per heavy atom. The van der Waals surface area contributed by atoms with Crippen LogP contribution in [-0.4, -0.2) is 29.7 Å². The highest BCUT2D eigenvalue weighted by atomic mass is 32.2. The Labute approximate surface area is 151 Å². The summed E-state index contributed by atoms with van der Waals surface area (Å²) in [7, 11) is 0. The van der Waals surface area contributed by atoms with E-state index in [1.54, 1.807) is 12.1 Å². The number of thioether (sulfide) groups is 1. The van der Waals surface area contributed by atoms with Gasteiger partial charge in [-0.15, -0.1) is 11.8 Å². The molecule has 25 heavy (non-hydrogen) atoms. The number of esters is 1. The van der Waals surface area contributed by atoms with Gasteiger partial charge in [-0.2, -0.15) is 0 Å². The first-order chi connectivity index (χ1) is 12.0. The standard InChI is InChI=1S/C18H22N2O4S/c1-4-12(2)19-17(21)10-23-18(22)15-7-5-6-8-16(15)25-11-14-9-13(3)24-20-14/h5-9,12H,4,10-11H2,1-3H3,(H,19,21)/t12-/m1/s1. The molecule has 0 saturated heterocycles. The lowest BCUT2D eigenvalue weighted by Gasteiger charge is -2.12. The summed E-state index contributed by atoms with van der Waals surface area (Å²) in [6, 6.07) is 9.05. The zero-order valence-electron chi connectivity index (χ0n) is 14.6. The number of rotatable bonds is 8. The van der Waals surface area contributed by atoms with Crippen molar-refractivity contribution in [3.63, 3.8) is 0 Å². The lowest BCUT2D eigenvalue weighted by molar-refractivity contribution is -0.124. The van der Waals surface area contributed by atoms with E-state index < -0.39 is 5.97 Å². The fraction of sp³-hybridized carbons (Fsp3) is 0.389. The maximum absolute atomic E-state index is 12.3. The van der Waals surface area contributed by atoms with Crippen molar-refractivity contribution >= 4 is 23.6 Å². The first-order valence-electron chi connectivity index (χ1n) is 8.10. The monoisotopic (exact) mass is 362 g/mol. The molecule has 2 aromatic rings. The highest BCUT2D eigenvalue weighted by molar-refractivity contribution is 7.98. The van der Waals surface area contributed by atoms with Crippen molar-refractivity contribution in [3.05, 3.63) is 47.3 Å². The van der Waals surface area contributed by atoms with Gasteiger partial charge in [0.25, 0.3) is 5.91 Å². The number of carbonyl (C=O) groups excluding carboxylic acids is 2. The second kappa shape index (κ2) is 9.27.